The van der Waals surface area contributed by atoms with Crippen molar-refractivity contribution in [2.45, 2.75) is 12.8 Å². The number of amides is 2. The molecule has 1 aliphatic rings. The van der Waals surface area contributed by atoms with Gasteiger partial charge in [-0.2, -0.15) is 0 Å². The second-order valence-corrected chi connectivity index (χ2v) is 6.30. The number of rotatable bonds is 4. The fraction of sp³-hybridized carbons (Fsp3) is 0.176. The minimum Gasteiger partial charge on any atom is -0.324 e. The van der Waals surface area contributed by atoms with Crippen LogP contribution in [0.1, 0.15) is 12.8 Å². The normalized spacial score (nSPS) is 14.9. The maximum absolute atomic E-state index is 13.6. The van der Waals surface area contributed by atoms with Gasteiger partial charge in [-0.1, -0.05) is 24.3 Å². The highest BCUT2D eigenvalue weighted by atomic mass is 79.9. The molecule has 6 heteroatoms. The number of hydrogen-bond acceptors (Lipinski definition) is 2. The topological polar surface area (TPSA) is 58.2 Å². The molecule has 4 nitrogen and oxygen atoms in total. The molecule has 0 heterocycles. The number of para-hydroxylation sites is 2. The average molecular weight is 377 g/mol. The first-order valence-corrected chi connectivity index (χ1v) is 7.94. The molecule has 0 unspecified atom stereocenters. The fourth-order valence-electron chi connectivity index (χ4n) is 2.29. The molecule has 1 saturated carbocycles. The van der Waals surface area contributed by atoms with E-state index < -0.39 is 17.1 Å². The number of carbonyl (C=O) groups excluding carboxylic acids is 2. The van der Waals surface area contributed by atoms with Gasteiger partial charge in [-0.15, -0.1) is 0 Å². The minimum atomic E-state index is -1.13. The Morgan fingerprint density at radius 3 is 2.00 bits per heavy atom. The first-order valence-electron chi connectivity index (χ1n) is 7.15. The molecule has 2 N–H and O–H groups in total. The lowest BCUT2D eigenvalue weighted by molar-refractivity contribution is -0.131. The van der Waals surface area contributed by atoms with Gasteiger partial charge in [-0.05, 0) is 53.0 Å². The first-order chi connectivity index (χ1) is 11.0. The highest BCUT2D eigenvalue weighted by Gasteiger charge is 2.56. The van der Waals surface area contributed by atoms with E-state index in [-0.39, 0.29) is 11.6 Å². The van der Waals surface area contributed by atoms with Gasteiger partial charge in [0.2, 0.25) is 11.8 Å². The Hall–Kier alpha value is -2.21. The van der Waals surface area contributed by atoms with E-state index in [2.05, 4.69) is 26.6 Å². The lowest BCUT2D eigenvalue weighted by atomic mass is 10.0. The lowest BCUT2D eigenvalue weighted by Gasteiger charge is -2.16. The van der Waals surface area contributed by atoms with Gasteiger partial charge in [0, 0.05) is 4.47 Å². The van der Waals surface area contributed by atoms with Crippen molar-refractivity contribution in [1.82, 2.24) is 0 Å². The number of hydrogen-bond donors (Lipinski definition) is 2. The van der Waals surface area contributed by atoms with Crippen LogP contribution in [0.25, 0.3) is 0 Å². The molecule has 0 atom stereocenters. The van der Waals surface area contributed by atoms with Crippen LogP contribution in [-0.2, 0) is 9.59 Å². The van der Waals surface area contributed by atoms with Crippen molar-refractivity contribution in [2.24, 2.45) is 5.41 Å². The van der Waals surface area contributed by atoms with E-state index in [1.807, 2.05) is 6.07 Å². The molecule has 1 fully saturated rings. The molecular formula is C17H14BrFN2O2. The minimum absolute atomic E-state index is 0.0810. The quantitative estimate of drug-likeness (QED) is 0.793. The molecule has 23 heavy (non-hydrogen) atoms. The van der Waals surface area contributed by atoms with E-state index in [0.29, 0.717) is 18.5 Å². The maximum Gasteiger partial charge on any atom is 0.240 e. The summed E-state index contributed by atoms with van der Waals surface area (Å²) < 4.78 is 14.4. The van der Waals surface area contributed by atoms with Gasteiger partial charge in [-0.3, -0.25) is 9.59 Å². The molecule has 2 aromatic carbocycles. The predicted octanol–water partition coefficient (Wildman–Crippen LogP) is 3.95. The van der Waals surface area contributed by atoms with Crippen molar-refractivity contribution < 1.29 is 14.0 Å². The van der Waals surface area contributed by atoms with Gasteiger partial charge in [0.15, 0.2) is 0 Å². The molecule has 0 saturated heterocycles. The monoisotopic (exact) mass is 376 g/mol. The second-order valence-electron chi connectivity index (χ2n) is 5.45. The molecule has 2 amide bonds. The lowest BCUT2D eigenvalue weighted by Crippen LogP contribution is -2.35. The van der Waals surface area contributed by atoms with Crippen molar-refractivity contribution in [3.8, 4) is 0 Å². The van der Waals surface area contributed by atoms with Crippen LogP contribution < -0.4 is 10.6 Å². The van der Waals surface area contributed by atoms with E-state index in [1.165, 1.54) is 18.2 Å². The Morgan fingerprint density at radius 1 is 0.913 bits per heavy atom. The van der Waals surface area contributed by atoms with Crippen LogP contribution >= 0.6 is 15.9 Å². The summed E-state index contributed by atoms with van der Waals surface area (Å²) in [4.78, 5) is 24.9. The van der Waals surface area contributed by atoms with Crippen LogP contribution in [0, 0.1) is 11.2 Å². The van der Waals surface area contributed by atoms with Crippen LogP contribution in [0.4, 0.5) is 15.8 Å². The van der Waals surface area contributed by atoms with E-state index in [9.17, 15) is 14.0 Å². The largest absolute Gasteiger partial charge is 0.324 e. The standard InChI is InChI=1S/C17H14BrFN2O2/c18-11-5-1-3-7-13(11)20-15(22)17(9-10-17)16(23)21-14-8-4-2-6-12(14)19/h1-8H,9-10H2,(H,20,22)(H,21,23). The van der Waals surface area contributed by atoms with Crippen molar-refractivity contribution in [3.63, 3.8) is 0 Å². The summed E-state index contributed by atoms with van der Waals surface area (Å²) in [5.41, 5.74) is -0.447. The number of nitrogens with one attached hydrogen (secondary N) is 2. The van der Waals surface area contributed by atoms with Gasteiger partial charge in [-0.25, -0.2) is 4.39 Å². The van der Waals surface area contributed by atoms with Gasteiger partial charge >= 0.3 is 0 Å². The third-order valence-electron chi connectivity index (χ3n) is 3.86. The zero-order valence-electron chi connectivity index (χ0n) is 12.1. The molecular weight excluding hydrogens is 363 g/mol. The number of halogens is 2. The smallest absolute Gasteiger partial charge is 0.240 e. The van der Waals surface area contributed by atoms with Crippen molar-refractivity contribution in [2.75, 3.05) is 10.6 Å². The molecule has 0 aliphatic heterocycles. The van der Waals surface area contributed by atoms with Crippen LogP contribution in [0.5, 0.6) is 0 Å². The van der Waals surface area contributed by atoms with E-state index in [1.54, 1.807) is 24.3 Å². The highest BCUT2D eigenvalue weighted by Crippen LogP contribution is 2.47. The summed E-state index contributed by atoms with van der Waals surface area (Å²) in [5, 5.41) is 5.26. The van der Waals surface area contributed by atoms with Crippen molar-refractivity contribution in [3.05, 3.63) is 58.8 Å². The predicted molar refractivity (Wildman–Crippen MR) is 89.5 cm³/mol. The Kier molecular flexibility index (Phi) is 4.17. The molecule has 0 aromatic heterocycles. The third-order valence-corrected chi connectivity index (χ3v) is 4.55. The number of benzene rings is 2. The van der Waals surface area contributed by atoms with Crippen LogP contribution in [-0.4, -0.2) is 11.8 Å². The third kappa shape index (κ3) is 3.12. The SMILES string of the molecule is O=C(Nc1ccccc1F)C1(C(=O)Nc2ccccc2Br)CC1. The fourth-order valence-corrected chi connectivity index (χ4v) is 2.68. The molecule has 1 aliphatic carbocycles. The summed E-state index contributed by atoms with van der Waals surface area (Å²) >= 11 is 3.35. The molecule has 0 spiro atoms. The highest BCUT2D eigenvalue weighted by molar-refractivity contribution is 9.10. The zero-order valence-corrected chi connectivity index (χ0v) is 13.7. The van der Waals surface area contributed by atoms with Gasteiger partial charge in [0.25, 0.3) is 0 Å². The van der Waals surface area contributed by atoms with Crippen LogP contribution in [0.2, 0.25) is 0 Å². The average Bonchev–Trinajstić information content (AvgIpc) is 3.34. The maximum atomic E-state index is 13.6. The molecule has 0 radical (unpaired) electrons. The summed E-state index contributed by atoms with van der Waals surface area (Å²) in [6.07, 6.45) is 0.896. The Bertz CT molecular complexity index is 713. The molecule has 0 bridgehead atoms. The Balaban J connectivity index is 1.74. The Labute approximate surface area is 141 Å². The summed E-state index contributed by atoms with van der Waals surface area (Å²) in [6.45, 7) is 0. The van der Waals surface area contributed by atoms with Crippen molar-refractivity contribution >= 4 is 39.1 Å². The summed E-state index contributed by atoms with van der Waals surface area (Å²) in [7, 11) is 0. The number of anilines is 2. The van der Waals surface area contributed by atoms with Crippen LogP contribution in [0.3, 0.4) is 0 Å². The first kappa shape index (κ1) is 15.7. The zero-order chi connectivity index (χ0) is 16.4. The van der Waals surface area contributed by atoms with E-state index in [4.69, 9.17) is 0 Å². The Morgan fingerprint density at radius 2 is 1.43 bits per heavy atom. The second kappa shape index (κ2) is 6.12. The summed E-state index contributed by atoms with van der Waals surface area (Å²) in [5.74, 6) is -1.38. The van der Waals surface area contributed by atoms with Gasteiger partial charge < -0.3 is 10.6 Å². The van der Waals surface area contributed by atoms with Gasteiger partial charge in [0.1, 0.15) is 11.2 Å². The van der Waals surface area contributed by atoms with Crippen LogP contribution in [0.15, 0.2) is 53.0 Å². The van der Waals surface area contributed by atoms with E-state index in [0.717, 1.165) is 4.47 Å². The molecule has 3 rings (SSSR count). The molecule has 118 valence electrons. The number of carbonyl (C=O) groups is 2. The summed E-state index contributed by atoms with van der Waals surface area (Å²) in [6, 6.07) is 13.1. The van der Waals surface area contributed by atoms with E-state index >= 15 is 0 Å². The molecule has 2 aromatic rings. The van der Waals surface area contributed by atoms with Gasteiger partial charge in [0.05, 0.1) is 11.4 Å². The van der Waals surface area contributed by atoms with Crippen molar-refractivity contribution in [1.29, 1.82) is 0 Å².